The first-order valence-corrected chi connectivity index (χ1v) is 6.63. The molecule has 0 aliphatic heterocycles. The lowest BCUT2D eigenvalue weighted by atomic mass is 10.2. The minimum atomic E-state index is 0.553. The van der Waals surface area contributed by atoms with Gasteiger partial charge in [-0.15, -0.1) is 22.7 Å². The molecule has 6 heteroatoms. The fraction of sp³-hybridized carbons (Fsp3) is 0.400. The normalized spacial score (nSPS) is 10.9. The zero-order valence-corrected chi connectivity index (χ0v) is 10.8. The Bertz CT molecular complexity index is 478. The molecule has 0 saturated carbocycles. The maximum Gasteiger partial charge on any atom is 0.180 e. The molecule has 0 saturated heterocycles. The van der Waals surface area contributed by atoms with E-state index in [1.54, 1.807) is 18.4 Å². The Kier molecular flexibility index (Phi) is 3.52. The number of nitrogens with two attached hydrogens (primary N) is 1. The first-order chi connectivity index (χ1) is 7.74. The average Bonchev–Trinajstić information content (AvgIpc) is 2.84. The fourth-order valence-electron chi connectivity index (χ4n) is 1.42. The zero-order valence-electron chi connectivity index (χ0n) is 9.19. The van der Waals surface area contributed by atoms with Gasteiger partial charge in [0.25, 0.3) is 0 Å². The molecule has 0 spiro atoms. The van der Waals surface area contributed by atoms with Crippen LogP contribution in [0.2, 0.25) is 0 Å². The van der Waals surface area contributed by atoms with E-state index in [1.165, 1.54) is 11.3 Å². The predicted octanol–water partition coefficient (Wildman–Crippen LogP) is 2.56. The van der Waals surface area contributed by atoms with Crippen LogP contribution in [0.25, 0.3) is 10.6 Å². The number of ether oxygens (including phenoxy) is 1. The van der Waals surface area contributed by atoms with Crippen LogP contribution in [0.3, 0.4) is 0 Å². The van der Waals surface area contributed by atoms with E-state index < -0.39 is 0 Å². The van der Waals surface area contributed by atoms with Gasteiger partial charge >= 0.3 is 0 Å². The number of methoxy groups -OCH3 is 1. The number of nitrogen functional groups attached to an aromatic ring is 1. The SMILES string of the molecule is CCc1nc(COC)sc1-c1csc(N)n1. The third kappa shape index (κ3) is 2.23. The van der Waals surface area contributed by atoms with Crippen molar-refractivity contribution in [3.05, 3.63) is 16.1 Å². The first-order valence-electron chi connectivity index (χ1n) is 4.93. The van der Waals surface area contributed by atoms with Gasteiger partial charge in [-0.2, -0.15) is 0 Å². The first kappa shape index (κ1) is 11.5. The van der Waals surface area contributed by atoms with Crippen molar-refractivity contribution in [1.29, 1.82) is 0 Å². The van der Waals surface area contributed by atoms with Crippen LogP contribution < -0.4 is 5.73 Å². The van der Waals surface area contributed by atoms with E-state index in [9.17, 15) is 0 Å². The highest BCUT2D eigenvalue weighted by Gasteiger charge is 2.13. The highest BCUT2D eigenvalue weighted by atomic mass is 32.1. The zero-order chi connectivity index (χ0) is 11.5. The molecule has 4 nitrogen and oxygen atoms in total. The van der Waals surface area contributed by atoms with E-state index in [2.05, 4.69) is 16.9 Å². The summed E-state index contributed by atoms with van der Waals surface area (Å²) in [5.41, 5.74) is 7.64. The summed E-state index contributed by atoms with van der Waals surface area (Å²) in [5.74, 6) is 0. The average molecular weight is 255 g/mol. The number of aryl methyl sites for hydroxylation is 1. The van der Waals surface area contributed by atoms with Gasteiger partial charge in [-0.05, 0) is 6.42 Å². The van der Waals surface area contributed by atoms with Gasteiger partial charge in [-0.1, -0.05) is 6.92 Å². The second-order valence-electron chi connectivity index (χ2n) is 3.24. The largest absolute Gasteiger partial charge is 0.378 e. The molecule has 0 atom stereocenters. The lowest BCUT2D eigenvalue weighted by molar-refractivity contribution is 0.184. The lowest BCUT2D eigenvalue weighted by Crippen LogP contribution is -1.88. The summed E-state index contributed by atoms with van der Waals surface area (Å²) in [7, 11) is 1.67. The molecule has 2 aromatic heterocycles. The van der Waals surface area contributed by atoms with Crippen LogP contribution in [0, 0.1) is 0 Å². The summed E-state index contributed by atoms with van der Waals surface area (Å²) in [6.45, 7) is 2.64. The van der Waals surface area contributed by atoms with E-state index in [0.29, 0.717) is 11.7 Å². The quantitative estimate of drug-likeness (QED) is 0.912. The molecule has 0 aliphatic carbocycles. The van der Waals surface area contributed by atoms with E-state index in [4.69, 9.17) is 10.5 Å². The number of hydrogen-bond acceptors (Lipinski definition) is 6. The van der Waals surface area contributed by atoms with Gasteiger partial charge in [0.1, 0.15) is 5.01 Å². The lowest BCUT2D eigenvalue weighted by Gasteiger charge is -1.93. The van der Waals surface area contributed by atoms with Crippen molar-refractivity contribution in [1.82, 2.24) is 9.97 Å². The van der Waals surface area contributed by atoms with E-state index in [1.807, 2.05) is 5.38 Å². The topological polar surface area (TPSA) is 61.0 Å². The molecule has 0 radical (unpaired) electrons. The fourth-order valence-corrected chi connectivity index (χ4v) is 3.13. The minimum Gasteiger partial charge on any atom is -0.378 e. The van der Waals surface area contributed by atoms with Gasteiger partial charge in [0, 0.05) is 12.5 Å². The maximum absolute atomic E-state index is 5.64. The summed E-state index contributed by atoms with van der Waals surface area (Å²) >= 11 is 3.08. The van der Waals surface area contributed by atoms with Crippen molar-refractivity contribution >= 4 is 27.8 Å². The Hall–Kier alpha value is -0.980. The molecule has 0 bridgehead atoms. The summed E-state index contributed by atoms with van der Waals surface area (Å²) < 4.78 is 5.09. The molecule has 0 unspecified atom stereocenters. The van der Waals surface area contributed by atoms with Crippen LogP contribution in [-0.2, 0) is 17.8 Å². The molecule has 86 valence electrons. The Morgan fingerprint density at radius 1 is 1.44 bits per heavy atom. The van der Waals surface area contributed by atoms with Crippen molar-refractivity contribution in [2.24, 2.45) is 0 Å². The Balaban J connectivity index is 2.38. The second-order valence-corrected chi connectivity index (χ2v) is 5.21. The molecule has 0 aliphatic rings. The van der Waals surface area contributed by atoms with E-state index in [0.717, 1.165) is 27.7 Å². The van der Waals surface area contributed by atoms with Crippen LogP contribution in [0.15, 0.2) is 5.38 Å². The van der Waals surface area contributed by atoms with Crippen molar-refractivity contribution in [2.45, 2.75) is 20.0 Å². The third-order valence-electron chi connectivity index (χ3n) is 2.10. The maximum atomic E-state index is 5.64. The molecule has 0 aromatic carbocycles. The van der Waals surface area contributed by atoms with Gasteiger partial charge in [-0.3, -0.25) is 0 Å². The van der Waals surface area contributed by atoms with Crippen LogP contribution in [0.1, 0.15) is 17.6 Å². The van der Waals surface area contributed by atoms with E-state index >= 15 is 0 Å². The Morgan fingerprint density at radius 2 is 2.25 bits per heavy atom. The number of anilines is 1. The second kappa shape index (κ2) is 4.90. The van der Waals surface area contributed by atoms with Gasteiger partial charge in [-0.25, -0.2) is 9.97 Å². The molecule has 0 fully saturated rings. The van der Waals surface area contributed by atoms with Gasteiger partial charge in [0.05, 0.1) is 22.9 Å². The summed E-state index contributed by atoms with van der Waals surface area (Å²) in [6.07, 6.45) is 0.896. The number of thiazole rings is 2. The molecule has 2 heterocycles. The van der Waals surface area contributed by atoms with Crippen LogP contribution in [0.5, 0.6) is 0 Å². The molecular weight excluding hydrogens is 242 g/mol. The van der Waals surface area contributed by atoms with Gasteiger partial charge in [0.2, 0.25) is 0 Å². The molecule has 16 heavy (non-hydrogen) atoms. The van der Waals surface area contributed by atoms with Crippen LogP contribution in [-0.4, -0.2) is 17.1 Å². The standard InChI is InChI=1S/C10H13N3OS2/c1-3-6-9(7-5-15-10(11)13-7)16-8(12-6)4-14-2/h5H,3-4H2,1-2H3,(H2,11,13). The van der Waals surface area contributed by atoms with Gasteiger partial charge < -0.3 is 10.5 Å². The summed E-state index contributed by atoms with van der Waals surface area (Å²) in [4.78, 5) is 9.92. The van der Waals surface area contributed by atoms with Crippen LogP contribution >= 0.6 is 22.7 Å². The summed E-state index contributed by atoms with van der Waals surface area (Å²) in [5, 5.41) is 3.55. The van der Waals surface area contributed by atoms with Crippen molar-refractivity contribution < 1.29 is 4.74 Å². The molecule has 2 N–H and O–H groups in total. The number of hydrogen-bond donors (Lipinski definition) is 1. The van der Waals surface area contributed by atoms with Crippen molar-refractivity contribution in [3.8, 4) is 10.6 Å². The smallest absolute Gasteiger partial charge is 0.180 e. The highest BCUT2D eigenvalue weighted by molar-refractivity contribution is 7.16. The van der Waals surface area contributed by atoms with Gasteiger partial charge in [0.15, 0.2) is 5.13 Å². The number of aromatic nitrogens is 2. The third-order valence-corrected chi connectivity index (χ3v) is 3.87. The monoisotopic (exact) mass is 255 g/mol. The highest BCUT2D eigenvalue weighted by Crippen LogP contribution is 2.32. The number of rotatable bonds is 4. The Morgan fingerprint density at radius 3 is 2.81 bits per heavy atom. The molecular formula is C10H13N3OS2. The molecule has 0 amide bonds. The summed E-state index contributed by atoms with van der Waals surface area (Å²) in [6, 6.07) is 0. The number of nitrogens with zero attached hydrogens (tertiary/aromatic N) is 2. The van der Waals surface area contributed by atoms with Crippen LogP contribution in [0.4, 0.5) is 5.13 Å². The van der Waals surface area contributed by atoms with Crippen molar-refractivity contribution in [3.63, 3.8) is 0 Å². The minimum absolute atomic E-state index is 0.553. The molecule has 2 aromatic rings. The molecule has 2 rings (SSSR count). The van der Waals surface area contributed by atoms with E-state index in [-0.39, 0.29) is 0 Å². The Labute approximate surface area is 102 Å². The van der Waals surface area contributed by atoms with Crippen molar-refractivity contribution in [2.75, 3.05) is 12.8 Å². The predicted molar refractivity (Wildman–Crippen MR) is 67.7 cm³/mol.